The second kappa shape index (κ2) is 12.5. The van der Waals surface area contributed by atoms with Gasteiger partial charge in [-0.15, -0.1) is 25.2 Å². The predicted molar refractivity (Wildman–Crippen MR) is 62.5 cm³/mol. The number of rotatable bonds is 2. The van der Waals surface area contributed by atoms with Crippen LogP contribution in [0.1, 0.15) is 36.6 Å². The fourth-order valence-corrected chi connectivity index (χ4v) is 1.18. The van der Waals surface area contributed by atoms with Crippen molar-refractivity contribution < 1.29 is 65.4 Å². The number of aromatic nitrogens is 2. The van der Waals surface area contributed by atoms with Gasteiger partial charge in [0.1, 0.15) is 0 Å². The summed E-state index contributed by atoms with van der Waals surface area (Å²) in [6, 6.07) is 0. The normalized spacial score (nSPS) is 7.25. The van der Waals surface area contributed by atoms with Crippen LogP contribution in [0.4, 0.5) is 0 Å². The van der Waals surface area contributed by atoms with E-state index < -0.39 is 0 Å². The molecule has 0 spiro atoms. The van der Waals surface area contributed by atoms with E-state index in [1.807, 2.05) is 40.5 Å². The maximum Gasteiger partial charge on any atom is 0 e. The molecule has 16 heavy (non-hydrogen) atoms. The molecule has 0 atom stereocenters. The minimum atomic E-state index is 0. The molecule has 2 radical (unpaired) electrons. The Balaban J connectivity index is -0.000000180. The number of aryl methyl sites for hydroxylation is 2. The van der Waals surface area contributed by atoms with Gasteiger partial charge in [-0.3, -0.25) is 0 Å². The van der Waals surface area contributed by atoms with E-state index in [9.17, 15) is 0 Å². The molecule has 0 aromatic carbocycles. The second-order valence-corrected chi connectivity index (χ2v) is 2.74. The summed E-state index contributed by atoms with van der Waals surface area (Å²) in [5, 5.41) is 0. The molecule has 0 fully saturated rings. The van der Waals surface area contributed by atoms with Gasteiger partial charge in [0.05, 0.1) is 0 Å². The zero-order valence-corrected chi connectivity index (χ0v) is 16.9. The molecule has 0 aliphatic rings. The van der Waals surface area contributed by atoms with Crippen LogP contribution in [-0.4, -0.2) is 9.97 Å². The van der Waals surface area contributed by atoms with Crippen LogP contribution in [0.15, 0.2) is 0 Å². The van der Waals surface area contributed by atoms with Crippen molar-refractivity contribution in [2.24, 2.45) is 0 Å². The first-order valence-corrected chi connectivity index (χ1v) is 4.13. The van der Waals surface area contributed by atoms with E-state index >= 15 is 0 Å². The average Bonchev–Trinajstić information content (AvgIpc) is 2.08. The summed E-state index contributed by atoms with van der Waals surface area (Å²) < 4.78 is 0. The molecule has 1 aromatic heterocycles. The van der Waals surface area contributed by atoms with Crippen LogP contribution in [0.25, 0.3) is 0 Å². The number of nitrogens with zero attached hydrogens (tertiary/aromatic N) is 2. The van der Waals surface area contributed by atoms with Crippen molar-refractivity contribution in [3.63, 3.8) is 0 Å². The topological polar surface area (TPSA) is 25.8 Å². The van der Waals surface area contributed by atoms with Gasteiger partial charge in [-0.1, -0.05) is 25.2 Å². The monoisotopic (exact) mass is 370 g/mol. The maximum absolute atomic E-state index is 4.41. The second-order valence-electron chi connectivity index (χ2n) is 2.74. The summed E-state index contributed by atoms with van der Waals surface area (Å²) in [4.78, 5) is 8.83. The minimum absolute atomic E-state index is 0. The molecule has 0 bridgehead atoms. The first-order chi connectivity index (χ1) is 5.69. The van der Waals surface area contributed by atoms with Gasteiger partial charge in [0.2, 0.25) is 0 Å². The third-order valence-electron chi connectivity index (χ3n) is 1.86. The third-order valence-corrected chi connectivity index (χ3v) is 1.86. The fourth-order valence-electron chi connectivity index (χ4n) is 1.18. The van der Waals surface area contributed by atoms with Gasteiger partial charge in [0, 0.05) is 65.4 Å². The molecule has 0 N–H and O–H groups in total. The van der Waals surface area contributed by atoms with Crippen molar-refractivity contribution >= 4 is 0 Å². The smallest absolute Gasteiger partial charge is 0 e. The molecule has 0 saturated carbocycles. The van der Waals surface area contributed by atoms with Crippen molar-refractivity contribution in [2.45, 2.75) is 27.7 Å². The Bertz CT molecular complexity index is 259. The first kappa shape index (κ1) is 25.8. The van der Waals surface area contributed by atoms with E-state index in [0.717, 1.165) is 22.8 Å². The SMILES string of the molecule is C[CH-]c1nc(C)c([CH-]C)nc1C.[CH3-].[CH3-].[Y].[Y]. The molecule has 1 aromatic rings. The van der Waals surface area contributed by atoms with Crippen LogP contribution in [0.2, 0.25) is 0 Å². The van der Waals surface area contributed by atoms with Crippen molar-refractivity contribution in [3.8, 4) is 0 Å². The minimum Gasteiger partial charge on any atom is -0.382 e. The van der Waals surface area contributed by atoms with Gasteiger partial charge < -0.3 is 24.8 Å². The summed E-state index contributed by atoms with van der Waals surface area (Å²) in [5.41, 5.74) is 3.96. The van der Waals surface area contributed by atoms with Crippen molar-refractivity contribution in [1.82, 2.24) is 9.97 Å². The molecule has 0 aliphatic heterocycles. The Labute approximate surface area is 152 Å². The van der Waals surface area contributed by atoms with Crippen LogP contribution in [0.3, 0.4) is 0 Å². The molecule has 0 amide bonds. The maximum atomic E-state index is 4.41. The Morgan fingerprint density at radius 1 is 0.750 bits per heavy atom. The molecule has 4 heteroatoms. The summed E-state index contributed by atoms with van der Waals surface area (Å²) in [6.45, 7) is 7.92. The van der Waals surface area contributed by atoms with Crippen molar-refractivity contribution in [3.05, 3.63) is 50.5 Å². The van der Waals surface area contributed by atoms with E-state index in [1.54, 1.807) is 0 Å². The number of hydrogen-bond donors (Lipinski definition) is 0. The Morgan fingerprint density at radius 3 is 1.19 bits per heavy atom. The molecular formula is C12H20N2Y2-4. The van der Waals surface area contributed by atoms with E-state index in [2.05, 4.69) is 9.97 Å². The van der Waals surface area contributed by atoms with Crippen LogP contribution < -0.4 is 0 Å². The van der Waals surface area contributed by atoms with Gasteiger partial charge in [0.15, 0.2) is 0 Å². The van der Waals surface area contributed by atoms with Gasteiger partial charge in [-0.2, -0.15) is 0 Å². The summed E-state index contributed by atoms with van der Waals surface area (Å²) in [5.74, 6) is 0. The summed E-state index contributed by atoms with van der Waals surface area (Å²) in [7, 11) is 0. The zero-order valence-electron chi connectivity index (χ0n) is 11.2. The summed E-state index contributed by atoms with van der Waals surface area (Å²) >= 11 is 0. The van der Waals surface area contributed by atoms with E-state index in [4.69, 9.17) is 0 Å². The molecule has 0 aliphatic carbocycles. The van der Waals surface area contributed by atoms with Crippen LogP contribution >= 0.6 is 0 Å². The molecular weight excluding hydrogens is 350 g/mol. The number of hydrogen-bond acceptors (Lipinski definition) is 2. The summed E-state index contributed by atoms with van der Waals surface area (Å²) in [6.07, 6.45) is 3.96. The Kier molecular flexibility index (Phi) is 20.1. The molecule has 1 heterocycles. The van der Waals surface area contributed by atoms with Crippen molar-refractivity contribution in [2.75, 3.05) is 0 Å². The third kappa shape index (κ3) is 6.69. The first-order valence-electron chi connectivity index (χ1n) is 4.13. The predicted octanol–water partition coefficient (Wildman–Crippen LogP) is 3.13. The molecule has 1 rings (SSSR count). The fraction of sp³-hybridized carbons (Fsp3) is 0.333. The molecule has 0 unspecified atom stereocenters. The van der Waals surface area contributed by atoms with Gasteiger partial charge in [0.25, 0.3) is 0 Å². The average molecular weight is 370 g/mol. The molecule has 0 saturated heterocycles. The van der Waals surface area contributed by atoms with Crippen LogP contribution in [-0.2, 0) is 65.4 Å². The standard InChI is InChI=1S/C10H14N2.2CH3.2Y/c1-5-9-7(3)12-10(6-2)8(4)11-9;;;;/h5-6H,1-4H3;2*1H3;;/q-2;2*-1;;. The van der Waals surface area contributed by atoms with E-state index in [-0.39, 0.29) is 80.3 Å². The zero-order chi connectivity index (χ0) is 9.14. The Morgan fingerprint density at radius 2 is 1.00 bits per heavy atom. The van der Waals surface area contributed by atoms with Crippen LogP contribution in [0, 0.1) is 41.5 Å². The van der Waals surface area contributed by atoms with Gasteiger partial charge in [-0.05, 0) is 0 Å². The van der Waals surface area contributed by atoms with E-state index in [0.29, 0.717) is 0 Å². The van der Waals surface area contributed by atoms with E-state index in [1.165, 1.54) is 0 Å². The molecule has 88 valence electrons. The largest absolute Gasteiger partial charge is 0.382 e. The molecule has 2 nitrogen and oxygen atoms in total. The van der Waals surface area contributed by atoms with Gasteiger partial charge in [-0.25, -0.2) is 12.8 Å². The van der Waals surface area contributed by atoms with Crippen molar-refractivity contribution in [1.29, 1.82) is 0 Å². The Hall–Kier alpha value is 1.03. The van der Waals surface area contributed by atoms with Crippen LogP contribution in [0.5, 0.6) is 0 Å². The quantitative estimate of drug-likeness (QED) is 0.748. The van der Waals surface area contributed by atoms with Gasteiger partial charge >= 0.3 is 0 Å².